The average Bonchev–Trinajstić information content (AvgIpc) is 2.46. The number of hydrogen-bond donors (Lipinski definition) is 1. The molecular formula is C17H20ClNO2. The van der Waals surface area contributed by atoms with Crippen LogP contribution in [0.4, 0.5) is 0 Å². The fourth-order valence-corrected chi connectivity index (χ4v) is 2.26. The van der Waals surface area contributed by atoms with E-state index in [9.17, 15) is 0 Å². The lowest BCUT2D eigenvalue weighted by Gasteiger charge is -2.11. The molecule has 0 heterocycles. The normalized spacial score (nSPS) is 12.1. The Morgan fingerprint density at radius 1 is 1.10 bits per heavy atom. The lowest BCUT2D eigenvalue weighted by Crippen LogP contribution is -2.17. The molecule has 1 atom stereocenters. The van der Waals surface area contributed by atoms with E-state index >= 15 is 0 Å². The molecule has 21 heavy (non-hydrogen) atoms. The van der Waals surface area contributed by atoms with Gasteiger partial charge in [0.05, 0.1) is 11.6 Å². The van der Waals surface area contributed by atoms with Gasteiger partial charge in [0, 0.05) is 6.04 Å². The Bertz CT molecular complexity index is 558. The number of hydrogen-bond acceptors (Lipinski definition) is 3. The second-order valence-electron chi connectivity index (χ2n) is 5.04. The van der Waals surface area contributed by atoms with Gasteiger partial charge in [0.1, 0.15) is 5.75 Å². The first-order chi connectivity index (χ1) is 10.1. The van der Waals surface area contributed by atoms with E-state index in [1.807, 2.05) is 55.5 Å². The van der Waals surface area contributed by atoms with Crippen molar-refractivity contribution in [1.82, 2.24) is 0 Å². The number of halogens is 1. The SMILES string of the molecule is CC(N)Cc1ccc(OCOCc2ccccc2)c(Cl)c1. The van der Waals surface area contributed by atoms with Crippen molar-refractivity contribution in [2.45, 2.75) is 26.0 Å². The minimum atomic E-state index is 0.113. The molecule has 0 aliphatic rings. The molecule has 1 unspecified atom stereocenters. The van der Waals surface area contributed by atoms with E-state index in [0.29, 0.717) is 17.4 Å². The summed E-state index contributed by atoms with van der Waals surface area (Å²) in [5.41, 5.74) is 7.99. The molecule has 2 aromatic carbocycles. The third-order valence-electron chi connectivity index (χ3n) is 2.96. The maximum atomic E-state index is 6.19. The molecule has 2 N–H and O–H groups in total. The maximum Gasteiger partial charge on any atom is 0.189 e. The Labute approximate surface area is 130 Å². The van der Waals surface area contributed by atoms with Crippen LogP contribution in [-0.4, -0.2) is 12.8 Å². The van der Waals surface area contributed by atoms with E-state index < -0.39 is 0 Å². The van der Waals surface area contributed by atoms with Crippen molar-refractivity contribution < 1.29 is 9.47 Å². The van der Waals surface area contributed by atoms with Gasteiger partial charge in [-0.05, 0) is 36.6 Å². The number of ether oxygens (including phenoxy) is 2. The molecule has 4 heteroatoms. The van der Waals surface area contributed by atoms with E-state index in [-0.39, 0.29) is 12.8 Å². The van der Waals surface area contributed by atoms with Crippen LogP contribution in [0.15, 0.2) is 48.5 Å². The van der Waals surface area contributed by atoms with Gasteiger partial charge in [-0.25, -0.2) is 0 Å². The topological polar surface area (TPSA) is 44.5 Å². The van der Waals surface area contributed by atoms with Crippen LogP contribution in [0.2, 0.25) is 5.02 Å². The fourth-order valence-electron chi connectivity index (χ4n) is 2.00. The van der Waals surface area contributed by atoms with Gasteiger partial charge in [-0.15, -0.1) is 0 Å². The quantitative estimate of drug-likeness (QED) is 0.625. The minimum absolute atomic E-state index is 0.113. The summed E-state index contributed by atoms with van der Waals surface area (Å²) in [6.07, 6.45) is 0.796. The van der Waals surface area contributed by atoms with Crippen LogP contribution in [0, 0.1) is 0 Å². The highest BCUT2D eigenvalue weighted by Crippen LogP contribution is 2.26. The van der Waals surface area contributed by atoms with Gasteiger partial charge >= 0.3 is 0 Å². The summed E-state index contributed by atoms with van der Waals surface area (Å²) < 4.78 is 11.0. The highest BCUT2D eigenvalue weighted by Gasteiger charge is 2.05. The summed E-state index contributed by atoms with van der Waals surface area (Å²) in [6, 6.07) is 15.8. The lowest BCUT2D eigenvalue weighted by atomic mass is 10.1. The van der Waals surface area contributed by atoms with Crippen molar-refractivity contribution >= 4 is 11.6 Å². The van der Waals surface area contributed by atoms with E-state index in [4.69, 9.17) is 26.8 Å². The van der Waals surface area contributed by atoms with Gasteiger partial charge in [0.2, 0.25) is 0 Å². The standard InChI is InChI=1S/C17H20ClNO2/c1-13(19)9-15-7-8-17(16(18)10-15)21-12-20-11-14-5-3-2-4-6-14/h2-8,10,13H,9,11-12,19H2,1H3. The fraction of sp³-hybridized carbons (Fsp3) is 0.294. The van der Waals surface area contributed by atoms with E-state index in [1.54, 1.807) is 0 Å². The summed E-state index contributed by atoms with van der Waals surface area (Å²) in [7, 11) is 0. The summed E-state index contributed by atoms with van der Waals surface area (Å²) >= 11 is 6.19. The van der Waals surface area contributed by atoms with Crippen molar-refractivity contribution in [3.63, 3.8) is 0 Å². The Balaban J connectivity index is 1.80. The summed E-state index contributed by atoms with van der Waals surface area (Å²) in [6.45, 7) is 2.65. The van der Waals surface area contributed by atoms with Gasteiger partial charge in [0.15, 0.2) is 6.79 Å². The van der Waals surface area contributed by atoms with Crippen molar-refractivity contribution in [2.24, 2.45) is 5.73 Å². The Morgan fingerprint density at radius 2 is 1.86 bits per heavy atom. The summed E-state index contributed by atoms with van der Waals surface area (Å²) in [5.74, 6) is 0.623. The van der Waals surface area contributed by atoms with Crippen LogP contribution in [-0.2, 0) is 17.8 Å². The molecule has 0 aromatic heterocycles. The zero-order chi connectivity index (χ0) is 15.1. The number of nitrogens with two attached hydrogens (primary N) is 1. The van der Waals surface area contributed by atoms with Gasteiger partial charge in [0.25, 0.3) is 0 Å². The van der Waals surface area contributed by atoms with Crippen molar-refractivity contribution in [1.29, 1.82) is 0 Å². The maximum absolute atomic E-state index is 6.19. The number of benzene rings is 2. The smallest absolute Gasteiger partial charge is 0.189 e. The third-order valence-corrected chi connectivity index (χ3v) is 3.26. The Hall–Kier alpha value is -1.55. The molecule has 0 spiro atoms. The predicted molar refractivity (Wildman–Crippen MR) is 85.5 cm³/mol. The van der Waals surface area contributed by atoms with Crippen LogP contribution in [0.3, 0.4) is 0 Å². The van der Waals surface area contributed by atoms with Gasteiger partial charge in [-0.1, -0.05) is 48.0 Å². The van der Waals surface area contributed by atoms with E-state index in [1.165, 1.54) is 0 Å². The van der Waals surface area contributed by atoms with Crippen molar-refractivity contribution in [3.05, 3.63) is 64.7 Å². The van der Waals surface area contributed by atoms with Crippen LogP contribution >= 0.6 is 11.6 Å². The van der Waals surface area contributed by atoms with E-state index in [0.717, 1.165) is 17.5 Å². The Kier molecular flexibility index (Phi) is 6.05. The molecule has 0 saturated heterocycles. The van der Waals surface area contributed by atoms with Crippen LogP contribution in [0.5, 0.6) is 5.75 Å². The lowest BCUT2D eigenvalue weighted by molar-refractivity contribution is 0.00509. The molecule has 0 fully saturated rings. The van der Waals surface area contributed by atoms with Crippen LogP contribution < -0.4 is 10.5 Å². The molecule has 112 valence electrons. The van der Waals surface area contributed by atoms with Gasteiger partial charge < -0.3 is 15.2 Å². The highest BCUT2D eigenvalue weighted by molar-refractivity contribution is 6.32. The molecule has 0 bridgehead atoms. The first-order valence-corrected chi connectivity index (χ1v) is 7.31. The zero-order valence-electron chi connectivity index (χ0n) is 12.1. The molecule has 0 aliphatic heterocycles. The van der Waals surface area contributed by atoms with Crippen LogP contribution in [0.25, 0.3) is 0 Å². The molecular weight excluding hydrogens is 286 g/mol. The monoisotopic (exact) mass is 305 g/mol. The second kappa shape index (κ2) is 8.03. The second-order valence-corrected chi connectivity index (χ2v) is 5.45. The molecule has 0 saturated carbocycles. The van der Waals surface area contributed by atoms with Gasteiger partial charge in [-0.2, -0.15) is 0 Å². The highest BCUT2D eigenvalue weighted by atomic mass is 35.5. The molecule has 3 nitrogen and oxygen atoms in total. The zero-order valence-corrected chi connectivity index (χ0v) is 12.8. The first kappa shape index (κ1) is 15.8. The minimum Gasteiger partial charge on any atom is -0.466 e. The number of rotatable bonds is 7. The molecule has 2 aromatic rings. The predicted octanol–water partition coefficient (Wildman–Crippen LogP) is 3.78. The average molecular weight is 306 g/mol. The molecule has 0 amide bonds. The molecule has 2 rings (SSSR count). The summed E-state index contributed by atoms with van der Waals surface area (Å²) in [5, 5.41) is 0.580. The third kappa shape index (κ3) is 5.38. The van der Waals surface area contributed by atoms with Gasteiger partial charge in [-0.3, -0.25) is 0 Å². The summed E-state index contributed by atoms with van der Waals surface area (Å²) in [4.78, 5) is 0. The van der Waals surface area contributed by atoms with Crippen molar-refractivity contribution in [3.8, 4) is 5.75 Å². The van der Waals surface area contributed by atoms with Crippen molar-refractivity contribution in [2.75, 3.05) is 6.79 Å². The largest absolute Gasteiger partial charge is 0.466 e. The Morgan fingerprint density at radius 3 is 2.52 bits per heavy atom. The van der Waals surface area contributed by atoms with Crippen LogP contribution in [0.1, 0.15) is 18.1 Å². The molecule has 0 aliphatic carbocycles. The molecule has 0 radical (unpaired) electrons. The first-order valence-electron chi connectivity index (χ1n) is 6.93. The van der Waals surface area contributed by atoms with E-state index in [2.05, 4.69) is 0 Å².